The van der Waals surface area contributed by atoms with Crippen LogP contribution in [0.2, 0.25) is 0 Å². The van der Waals surface area contributed by atoms with E-state index in [1.165, 1.54) is 7.11 Å². The van der Waals surface area contributed by atoms with Gasteiger partial charge in [-0.3, -0.25) is 4.79 Å². The van der Waals surface area contributed by atoms with Crippen LogP contribution in [0.3, 0.4) is 0 Å². The topological polar surface area (TPSA) is 84.6 Å². The van der Waals surface area contributed by atoms with Crippen molar-refractivity contribution in [2.75, 3.05) is 20.2 Å². The van der Waals surface area contributed by atoms with Gasteiger partial charge in [-0.05, 0) is 30.5 Å². The highest BCUT2D eigenvalue weighted by molar-refractivity contribution is 5.79. The maximum Gasteiger partial charge on any atom is 0.224 e. The number of phenolic OH excluding ortho intramolecular Hbond substituents is 1. The summed E-state index contributed by atoms with van der Waals surface area (Å²) in [5.41, 5.74) is 6.57. The van der Waals surface area contributed by atoms with Crippen LogP contribution in [0.25, 0.3) is 0 Å². The summed E-state index contributed by atoms with van der Waals surface area (Å²) in [6, 6.07) is 5.06. The van der Waals surface area contributed by atoms with Gasteiger partial charge in [0.1, 0.15) is 0 Å². The zero-order chi connectivity index (χ0) is 14.3. The van der Waals surface area contributed by atoms with Crippen LogP contribution in [-0.2, 0) is 11.2 Å². The highest BCUT2D eigenvalue weighted by atomic mass is 16.5. The molecule has 0 saturated heterocycles. The summed E-state index contributed by atoms with van der Waals surface area (Å²) in [4.78, 5) is 11.9. The molecule has 19 heavy (non-hydrogen) atoms. The fourth-order valence-electron chi connectivity index (χ4n) is 1.81. The number of nitrogens with one attached hydrogen (secondary N) is 1. The quantitative estimate of drug-likeness (QED) is 0.688. The van der Waals surface area contributed by atoms with E-state index < -0.39 is 0 Å². The SMILES string of the molecule is CCCNC(=O)C(CN)Cc1ccc(O)c(OC)c1. The normalized spacial score (nSPS) is 11.9. The van der Waals surface area contributed by atoms with Crippen molar-refractivity contribution in [3.63, 3.8) is 0 Å². The summed E-state index contributed by atoms with van der Waals surface area (Å²) < 4.78 is 5.04. The lowest BCUT2D eigenvalue weighted by Crippen LogP contribution is -2.36. The summed E-state index contributed by atoms with van der Waals surface area (Å²) in [5.74, 6) is 0.199. The van der Waals surface area contributed by atoms with E-state index in [2.05, 4.69) is 5.32 Å². The Bertz CT molecular complexity index is 421. The van der Waals surface area contributed by atoms with Crippen LogP contribution in [0.1, 0.15) is 18.9 Å². The molecule has 1 rings (SSSR count). The number of hydrogen-bond donors (Lipinski definition) is 3. The zero-order valence-electron chi connectivity index (χ0n) is 11.5. The standard InChI is InChI=1S/C14H22N2O3/c1-3-6-16-14(18)11(9-15)7-10-4-5-12(17)13(8-10)19-2/h4-5,8,11,17H,3,6-7,9,15H2,1-2H3,(H,16,18). The number of carbonyl (C=O) groups is 1. The molecular weight excluding hydrogens is 244 g/mol. The van der Waals surface area contributed by atoms with Crippen molar-refractivity contribution in [2.24, 2.45) is 11.7 Å². The molecule has 1 aromatic rings. The van der Waals surface area contributed by atoms with Crippen molar-refractivity contribution in [1.82, 2.24) is 5.32 Å². The number of nitrogens with two attached hydrogens (primary N) is 1. The molecule has 0 aliphatic rings. The Morgan fingerprint density at radius 3 is 2.84 bits per heavy atom. The van der Waals surface area contributed by atoms with Crippen molar-refractivity contribution in [3.05, 3.63) is 23.8 Å². The fourth-order valence-corrected chi connectivity index (χ4v) is 1.81. The van der Waals surface area contributed by atoms with E-state index in [1.807, 2.05) is 6.92 Å². The van der Waals surface area contributed by atoms with E-state index in [1.54, 1.807) is 18.2 Å². The Kier molecular flexibility index (Phi) is 6.15. The summed E-state index contributed by atoms with van der Waals surface area (Å²) in [5, 5.41) is 12.4. The monoisotopic (exact) mass is 266 g/mol. The van der Waals surface area contributed by atoms with Gasteiger partial charge in [0, 0.05) is 13.1 Å². The van der Waals surface area contributed by atoms with Crippen LogP contribution < -0.4 is 15.8 Å². The third kappa shape index (κ3) is 4.44. The van der Waals surface area contributed by atoms with E-state index in [4.69, 9.17) is 10.5 Å². The smallest absolute Gasteiger partial charge is 0.224 e. The first-order valence-electron chi connectivity index (χ1n) is 6.46. The van der Waals surface area contributed by atoms with Crippen molar-refractivity contribution < 1.29 is 14.6 Å². The summed E-state index contributed by atoms with van der Waals surface area (Å²) >= 11 is 0. The van der Waals surface area contributed by atoms with Gasteiger partial charge in [0.25, 0.3) is 0 Å². The van der Waals surface area contributed by atoms with Crippen LogP contribution in [0.4, 0.5) is 0 Å². The number of ether oxygens (including phenoxy) is 1. The summed E-state index contributed by atoms with van der Waals surface area (Å²) in [7, 11) is 1.49. The maximum absolute atomic E-state index is 11.9. The number of aromatic hydroxyl groups is 1. The second-order valence-electron chi connectivity index (χ2n) is 4.43. The maximum atomic E-state index is 11.9. The third-order valence-electron chi connectivity index (χ3n) is 2.93. The van der Waals surface area contributed by atoms with E-state index in [-0.39, 0.29) is 17.6 Å². The molecule has 1 aromatic carbocycles. The highest BCUT2D eigenvalue weighted by Crippen LogP contribution is 2.27. The average Bonchev–Trinajstić information content (AvgIpc) is 2.43. The van der Waals surface area contributed by atoms with Gasteiger partial charge in [0.15, 0.2) is 11.5 Å². The van der Waals surface area contributed by atoms with E-state index in [9.17, 15) is 9.90 Å². The summed E-state index contributed by atoms with van der Waals surface area (Å²) in [6.07, 6.45) is 1.43. The Morgan fingerprint density at radius 1 is 1.53 bits per heavy atom. The number of rotatable bonds is 7. The molecule has 0 saturated carbocycles. The lowest BCUT2D eigenvalue weighted by Gasteiger charge is -2.15. The number of amides is 1. The van der Waals surface area contributed by atoms with Crippen LogP contribution in [0.5, 0.6) is 11.5 Å². The number of hydrogen-bond acceptors (Lipinski definition) is 4. The molecule has 1 unspecified atom stereocenters. The molecule has 4 N–H and O–H groups in total. The average molecular weight is 266 g/mol. The Hall–Kier alpha value is -1.75. The Morgan fingerprint density at radius 2 is 2.26 bits per heavy atom. The van der Waals surface area contributed by atoms with Crippen molar-refractivity contribution in [1.29, 1.82) is 0 Å². The zero-order valence-corrected chi connectivity index (χ0v) is 11.5. The molecule has 0 aliphatic heterocycles. The number of methoxy groups -OCH3 is 1. The fraction of sp³-hybridized carbons (Fsp3) is 0.500. The van der Waals surface area contributed by atoms with Gasteiger partial charge >= 0.3 is 0 Å². The minimum Gasteiger partial charge on any atom is -0.504 e. The van der Waals surface area contributed by atoms with E-state index in [0.29, 0.717) is 25.3 Å². The van der Waals surface area contributed by atoms with Gasteiger partial charge < -0.3 is 20.9 Å². The van der Waals surface area contributed by atoms with Crippen LogP contribution in [-0.4, -0.2) is 31.2 Å². The van der Waals surface area contributed by atoms with E-state index >= 15 is 0 Å². The number of carbonyl (C=O) groups excluding carboxylic acids is 1. The molecule has 1 amide bonds. The molecule has 0 aromatic heterocycles. The molecule has 5 heteroatoms. The Labute approximate surface area is 113 Å². The molecule has 5 nitrogen and oxygen atoms in total. The second-order valence-corrected chi connectivity index (χ2v) is 4.43. The first-order valence-corrected chi connectivity index (χ1v) is 6.46. The molecule has 0 heterocycles. The van der Waals surface area contributed by atoms with Gasteiger partial charge in [-0.2, -0.15) is 0 Å². The third-order valence-corrected chi connectivity index (χ3v) is 2.93. The highest BCUT2D eigenvalue weighted by Gasteiger charge is 2.17. The molecule has 0 radical (unpaired) electrons. The van der Waals surface area contributed by atoms with Crippen molar-refractivity contribution in [3.8, 4) is 11.5 Å². The minimum absolute atomic E-state index is 0.0311. The largest absolute Gasteiger partial charge is 0.504 e. The lowest BCUT2D eigenvalue weighted by molar-refractivity contribution is -0.124. The molecule has 1 atom stereocenters. The molecule has 106 valence electrons. The molecule has 0 aliphatic carbocycles. The molecular formula is C14H22N2O3. The van der Waals surface area contributed by atoms with Gasteiger partial charge in [-0.25, -0.2) is 0 Å². The van der Waals surface area contributed by atoms with Crippen LogP contribution in [0, 0.1) is 5.92 Å². The number of benzene rings is 1. The van der Waals surface area contributed by atoms with Gasteiger partial charge in [0.2, 0.25) is 5.91 Å². The first kappa shape index (κ1) is 15.3. The van der Waals surface area contributed by atoms with Crippen molar-refractivity contribution in [2.45, 2.75) is 19.8 Å². The van der Waals surface area contributed by atoms with Gasteiger partial charge in [0.05, 0.1) is 13.0 Å². The molecule has 0 spiro atoms. The first-order chi connectivity index (χ1) is 9.12. The second kappa shape index (κ2) is 7.63. The van der Waals surface area contributed by atoms with E-state index in [0.717, 1.165) is 12.0 Å². The van der Waals surface area contributed by atoms with Crippen LogP contribution >= 0.6 is 0 Å². The summed E-state index contributed by atoms with van der Waals surface area (Å²) in [6.45, 7) is 2.95. The Balaban J connectivity index is 2.72. The predicted octanol–water partition coefficient (Wildman–Crippen LogP) is 1.04. The molecule has 0 fully saturated rings. The van der Waals surface area contributed by atoms with Crippen molar-refractivity contribution >= 4 is 5.91 Å². The minimum atomic E-state index is -0.263. The van der Waals surface area contributed by atoms with Gasteiger partial charge in [-0.1, -0.05) is 13.0 Å². The number of phenols is 1. The van der Waals surface area contributed by atoms with Crippen LogP contribution in [0.15, 0.2) is 18.2 Å². The lowest BCUT2D eigenvalue weighted by atomic mass is 9.98. The predicted molar refractivity (Wildman–Crippen MR) is 74.2 cm³/mol. The van der Waals surface area contributed by atoms with Gasteiger partial charge in [-0.15, -0.1) is 0 Å². The molecule has 0 bridgehead atoms.